The molecule has 0 fully saturated rings. The fourth-order valence-corrected chi connectivity index (χ4v) is 1.42. The summed E-state index contributed by atoms with van der Waals surface area (Å²) in [6, 6.07) is 8.46. The Morgan fingerprint density at radius 1 is 1.20 bits per heavy atom. The van der Waals surface area contributed by atoms with Crippen LogP contribution in [0, 0.1) is 11.5 Å². The Morgan fingerprint density at radius 2 is 1.73 bits per heavy atom. The average molecular weight is 202 g/mol. The van der Waals surface area contributed by atoms with Crippen LogP contribution in [0.1, 0.15) is 31.9 Å². The van der Waals surface area contributed by atoms with Crippen molar-refractivity contribution in [1.82, 2.24) is 4.90 Å². The minimum absolute atomic E-state index is 0.194. The van der Waals surface area contributed by atoms with Gasteiger partial charge >= 0.3 is 0 Å². The van der Waals surface area contributed by atoms with Crippen molar-refractivity contribution < 1.29 is 0 Å². The molecule has 0 amide bonds. The molecule has 0 spiro atoms. The highest BCUT2D eigenvalue weighted by atomic mass is 15.1. The predicted octanol–water partition coefficient (Wildman–Crippen LogP) is 2.90. The van der Waals surface area contributed by atoms with Gasteiger partial charge in [-0.05, 0) is 16.5 Å². The first-order valence-electron chi connectivity index (χ1n) is 5.14. The molecule has 15 heavy (non-hydrogen) atoms. The Morgan fingerprint density at radius 3 is 2.13 bits per heavy atom. The fraction of sp³-hybridized carbons (Fsp3) is 0.462. The van der Waals surface area contributed by atoms with E-state index in [0.29, 0.717) is 6.54 Å². The van der Waals surface area contributed by atoms with Gasteiger partial charge in [0.25, 0.3) is 0 Å². The third-order valence-corrected chi connectivity index (χ3v) is 2.41. The minimum atomic E-state index is 0.194. The number of nitrogens with zero attached hydrogens (tertiary/aromatic N) is 2. The second-order valence-corrected chi connectivity index (χ2v) is 4.90. The number of nitriles is 1. The molecule has 0 unspecified atom stereocenters. The third kappa shape index (κ3) is 3.28. The molecule has 0 radical (unpaired) electrons. The number of benzene rings is 1. The molecule has 0 aliphatic rings. The van der Waals surface area contributed by atoms with Crippen molar-refractivity contribution in [3.05, 3.63) is 35.4 Å². The van der Waals surface area contributed by atoms with Crippen LogP contribution >= 0.6 is 0 Å². The highest BCUT2D eigenvalue weighted by Gasteiger charge is 2.12. The van der Waals surface area contributed by atoms with Gasteiger partial charge in [0.05, 0.1) is 6.54 Å². The van der Waals surface area contributed by atoms with E-state index in [1.54, 1.807) is 11.9 Å². The number of rotatable bonds is 2. The van der Waals surface area contributed by atoms with Crippen LogP contribution < -0.4 is 0 Å². The number of hydrogen-bond acceptors (Lipinski definition) is 2. The zero-order valence-corrected chi connectivity index (χ0v) is 9.91. The summed E-state index contributed by atoms with van der Waals surface area (Å²) >= 11 is 0. The van der Waals surface area contributed by atoms with Gasteiger partial charge in [-0.1, -0.05) is 45.0 Å². The van der Waals surface area contributed by atoms with Gasteiger partial charge in [-0.3, -0.25) is 0 Å². The summed E-state index contributed by atoms with van der Waals surface area (Å²) in [4.78, 5) is 1.62. The van der Waals surface area contributed by atoms with E-state index in [1.807, 2.05) is 0 Å². The average Bonchev–Trinajstić information content (AvgIpc) is 2.17. The molecule has 0 aliphatic heterocycles. The standard InChI is InChI=1S/C13H18N2/c1-13(2,3)12-7-5-11(6-8-12)9-15(4)10-14/h5-8H,9H2,1-4H3. The van der Waals surface area contributed by atoms with E-state index in [9.17, 15) is 0 Å². The minimum Gasteiger partial charge on any atom is -0.309 e. The molecule has 2 nitrogen and oxygen atoms in total. The Balaban J connectivity index is 2.78. The molecule has 0 aromatic heterocycles. The Bertz CT molecular complexity index is 352. The van der Waals surface area contributed by atoms with E-state index < -0.39 is 0 Å². The lowest BCUT2D eigenvalue weighted by Crippen LogP contribution is -2.12. The van der Waals surface area contributed by atoms with Crippen LogP contribution in [-0.4, -0.2) is 11.9 Å². The molecule has 0 N–H and O–H groups in total. The van der Waals surface area contributed by atoms with Crippen LogP contribution in [0.25, 0.3) is 0 Å². The summed E-state index contributed by atoms with van der Waals surface area (Å²) in [6.07, 6.45) is 2.09. The van der Waals surface area contributed by atoms with Gasteiger partial charge in [0.2, 0.25) is 0 Å². The summed E-state index contributed by atoms with van der Waals surface area (Å²) in [5, 5.41) is 8.66. The lowest BCUT2D eigenvalue weighted by atomic mass is 9.87. The molecule has 80 valence electrons. The smallest absolute Gasteiger partial charge is 0.179 e. The SMILES string of the molecule is CN(C#N)Cc1ccc(C(C)(C)C)cc1. The second-order valence-electron chi connectivity index (χ2n) is 4.90. The first-order valence-corrected chi connectivity index (χ1v) is 5.14. The van der Waals surface area contributed by atoms with Gasteiger partial charge in [-0.15, -0.1) is 0 Å². The predicted molar refractivity (Wildman–Crippen MR) is 62.2 cm³/mol. The quantitative estimate of drug-likeness (QED) is 0.544. The van der Waals surface area contributed by atoms with E-state index in [-0.39, 0.29) is 5.41 Å². The zero-order valence-electron chi connectivity index (χ0n) is 9.91. The van der Waals surface area contributed by atoms with Crippen LogP contribution in [-0.2, 0) is 12.0 Å². The molecule has 0 saturated carbocycles. The summed E-state index contributed by atoms with van der Waals surface area (Å²) in [5.74, 6) is 0. The lowest BCUT2D eigenvalue weighted by molar-refractivity contribution is 0.469. The highest BCUT2D eigenvalue weighted by molar-refractivity contribution is 5.27. The first-order chi connectivity index (χ1) is 6.93. The zero-order chi connectivity index (χ0) is 11.5. The second kappa shape index (κ2) is 4.35. The third-order valence-electron chi connectivity index (χ3n) is 2.41. The van der Waals surface area contributed by atoms with E-state index in [4.69, 9.17) is 5.26 Å². The Kier molecular flexibility index (Phi) is 3.36. The molecular formula is C13H18N2. The van der Waals surface area contributed by atoms with Crippen molar-refractivity contribution in [3.8, 4) is 6.19 Å². The molecule has 0 aliphatic carbocycles. The molecule has 0 heterocycles. The summed E-state index contributed by atoms with van der Waals surface area (Å²) < 4.78 is 0. The van der Waals surface area contributed by atoms with Gasteiger partial charge in [0.15, 0.2) is 6.19 Å². The van der Waals surface area contributed by atoms with Gasteiger partial charge in [0.1, 0.15) is 0 Å². The van der Waals surface area contributed by atoms with Crippen molar-refractivity contribution in [2.45, 2.75) is 32.7 Å². The summed E-state index contributed by atoms with van der Waals surface area (Å²) in [6.45, 7) is 7.27. The van der Waals surface area contributed by atoms with Gasteiger partial charge in [0, 0.05) is 7.05 Å². The molecule has 0 saturated heterocycles. The van der Waals surface area contributed by atoms with Crippen LogP contribution in [0.15, 0.2) is 24.3 Å². The first kappa shape index (κ1) is 11.6. The Hall–Kier alpha value is -1.49. The monoisotopic (exact) mass is 202 g/mol. The van der Waals surface area contributed by atoms with Crippen LogP contribution in [0.2, 0.25) is 0 Å². The van der Waals surface area contributed by atoms with Crippen molar-refractivity contribution in [3.63, 3.8) is 0 Å². The maximum Gasteiger partial charge on any atom is 0.179 e. The van der Waals surface area contributed by atoms with E-state index in [2.05, 4.69) is 51.2 Å². The summed E-state index contributed by atoms with van der Waals surface area (Å²) in [5.41, 5.74) is 2.69. The van der Waals surface area contributed by atoms with E-state index >= 15 is 0 Å². The van der Waals surface area contributed by atoms with Crippen molar-refractivity contribution in [2.75, 3.05) is 7.05 Å². The van der Waals surface area contributed by atoms with E-state index in [0.717, 1.165) is 0 Å². The molecule has 1 aromatic rings. The normalized spacial score (nSPS) is 10.9. The molecule has 2 heteroatoms. The molecule has 0 bridgehead atoms. The fourth-order valence-electron chi connectivity index (χ4n) is 1.42. The van der Waals surface area contributed by atoms with Gasteiger partial charge in [-0.2, -0.15) is 5.26 Å². The largest absolute Gasteiger partial charge is 0.309 e. The maximum absolute atomic E-state index is 8.66. The number of hydrogen-bond donors (Lipinski definition) is 0. The maximum atomic E-state index is 8.66. The van der Waals surface area contributed by atoms with Gasteiger partial charge < -0.3 is 4.90 Å². The topological polar surface area (TPSA) is 27.0 Å². The van der Waals surface area contributed by atoms with Crippen LogP contribution in [0.5, 0.6) is 0 Å². The van der Waals surface area contributed by atoms with Gasteiger partial charge in [-0.25, -0.2) is 0 Å². The lowest BCUT2D eigenvalue weighted by Gasteiger charge is -2.19. The molecule has 0 atom stereocenters. The van der Waals surface area contributed by atoms with E-state index in [1.165, 1.54) is 11.1 Å². The van der Waals surface area contributed by atoms with Crippen LogP contribution in [0.4, 0.5) is 0 Å². The van der Waals surface area contributed by atoms with Crippen LogP contribution in [0.3, 0.4) is 0 Å². The molecular weight excluding hydrogens is 184 g/mol. The van der Waals surface area contributed by atoms with Crippen molar-refractivity contribution >= 4 is 0 Å². The molecule has 1 aromatic carbocycles. The molecule has 1 rings (SSSR count). The Labute approximate surface area is 92.1 Å². The van der Waals surface area contributed by atoms with Crippen molar-refractivity contribution in [2.24, 2.45) is 0 Å². The van der Waals surface area contributed by atoms with Crippen molar-refractivity contribution in [1.29, 1.82) is 5.26 Å². The summed E-state index contributed by atoms with van der Waals surface area (Å²) in [7, 11) is 1.79. The highest BCUT2D eigenvalue weighted by Crippen LogP contribution is 2.22.